The van der Waals surface area contributed by atoms with Crippen LogP contribution in [-0.2, 0) is 65.4 Å². The molecule has 17 nitrogen and oxygen atoms in total. The summed E-state index contributed by atoms with van der Waals surface area (Å²) < 4.78 is 68.6. The number of aliphatic hydroxyl groups excluding tert-OH is 1. The monoisotopic (exact) mass is 1400 g/mol. The van der Waals surface area contributed by atoms with Crippen LogP contribution in [0.2, 0.25) is 0 Å². The maximum absolute atomic E-state index is 13.1. The van der Waals surface area contributed by atoms with Crippen molar-refractivity contribution in [2.24, 2.45) is 17.8 Å². The van der Waals surface area contributed by atoms with Gasteiger partial charge in [0.2, 0.25) is 0 Å². The van der Waals surface area contributed by atoms with Crippen molar-refractivity contribution < 1.29 is 80.2 Å². The minimum Gasteiger partial charge on any atom is -0.462 e. The summed E-state index contributed by atoms with van der Waals surface area (Å²) in [5.41, 5.74) is 0. The van der Waals surface area contributed by atoms with Gasteiger partial charge in [-0.25, -0.2) is 9.13 Å². The van der Waals surface area contributed by atoms with E-state index in [9.17, 15) is 43.2 Å². The Morgan fingerprint density at radius 2 is 0.505 bits per heavy atom. The summed E-state index contributed by atoms with van der Waals surface area (Å²) in [5, 5.41) is 10.6. The summed E-state index contributed by atoms with van der Waals surface area (Å²) in [6, 6.07) is 0. The number of phosphoric ester groups is 2. The van der Waals surface area contributed by atoms with Gasteiger partial charge in [0.1, 0.15) is 19.3 Å². The molecule has 0 aromatic carbocycles. The van der Waals surface area contributed by atoms with Crippen LogP contribution in [0.3, 0.4) is 0 Å². The second-order valence-corrected chi connectivity index (χ2v) is 31.0. The summed E-state index contributed by atoms with van der Waals surface area (Å²) in [4.78, 5) is 72.9. The fraction of sp³-hybridized carbons (Fsp3) is 0.947. The zero-order valence-corrected chi connectivity index (χ0v) is 63.9. The van der Waals surface area contributed by atoms with E-state index in [0.29, 0.717) is 25.7 Å². The molecule has 0 aromatic rings. The van der Waals surface area contributed by atoms with E-state index in [1.165, 1.54) is 199 Å². The number of ether oxygens (including phenoxy) is 4. The predicted octanol–water partition coefficient (Wildman–Crippen LogP) is 22.2. The molecule has 0 aromatic heterocycles. The molecule has 0 radical (unpaired) electrons. The first-order valence-corrected chi connectivity index (χ1v) is 42.5. The molecule has 95 heavy (non-hydrogen) atoms. The van der Waals surface area contributed by atoms with Gasteiger partial charge in [-0.3, -0.25) is 37.3 Å². The third-order valence-electron chi connectivity index (χ3n) is 18.7. The molecule has 19 heteroatoms. The lowest BCUT2D eigenvalue weighted by Gasteiger charge is -2.21. The Balaban J connectivity index is 5.27. The molecule has 0 spiro atoms. The van der Waals surface area contributed by atoms with Crippen LogP contribution in [0.25, 0.3) is 0 Å². The number of carbonyl (C=O) groups is 4. The lowest BCUT2D eigenvalue weighted by molar-refractivity contribution is -0.161. The first-order chi connectivity index (χ1) is 45.8. The highest BCUT2D eigenvalue weighted by Crippen LogP contribution is 2.45. The van der Waals surface area contributed by atoms with Crippen molar-refractivity contribution in [2.45, 2.75) is 407 Å². The molecule has 0 bridgehead atoms. The highest BCUT2D eigenvalue weighted by molar-refractivity contribution is 7.47. The smallest absolute Gasteiger partial charge is 0.462 e. The van der Waals surface area contributed by atoms with Crippen molar-refractivity contribution >= 4 is 39.5 Å². The van der Waals surface area contributed by atoms with Crippen molar-refractivity contribution in [3.63, 3.8) is 0 Å². The first kappa shape index (κ1) is 93.1. The van der Waals surface area contributed by atoms with Crippen molar-refractivity contribution in [1.29, 1.82) is 0 Å². The number of hydrogen-bond donors (Lipinski definition) is 3. The minimum absolute atomic E-state index is 0.104. The van der Waals surface area contributed by atoms with E-state index in [1.54, 1.807) is 0 Å². The zero-order chi connectivity index (χ0) is 70.1. The number of rotatable bonds is 74. The maximum atomic E-state index is 13.1. The SMILES string of the molecule is CCCCCCCCCCCCCCCCCCCC(=O)O[C@H](COC(=O)CCCCCCCCCCCCC(C)CC)COP(=O)(O)OC[C@@H](O)COP(=O)(O)OC[C@@H](COC(=O)CCCCCCCCCCC(C)CC)OC(=O)CCCCCCCCCCC(C)CC. The van der Waals surface area contributed by atoms with Gasteiger partial charge in [-0.15, -0.1) is 0 Å². The Kier molecular flexibility index (Phi) is 65.2. The topological polar surface area (TPSA) is 237 Å². The third kappa shape index (κ3) is 66.4. The number of aliphatic hydroxyl groups is 1. The first-order valence-electron chi connectivity index (χ1n) is 39.5. The molecule has 0 fully saturated rings. The second-order valence-electron chi connectivity index (χ2n) is 28.1. The van der Waals surface area contributed by atoms with E-state index in [-0.39, 0.29) is 25.7 Å². The molecule has 0 aliphatic rings. The fourth-order valence-corrected chi connectivity index (χ4v) is 13.1. The molecular formula is C76H148O17P2. The van der Waals surface area contributed by atoms with Gasteiger partial charge < -0.3 is 33.8 Å². The third-order valence-corrected chi connectivity index (χ3v) is 20.6. The molecule has 5 unspecified atom stereocenters. The molecule has 0 aliphatic heterocycles. The fourth-order valence-electron chi connectivity index (χ4n) is 11.5. The van der Waals surface area contributed by atoms with Crippen molar-refractivity contribution in [3.8, 4) is 0 Å². The van der Waals surface area contributed by atoms with Gasteiger partial charge >= 0.3 is 39.5 Å². The van der Waals surface area contributed by atoms with Crippen LogP contribution in [0.5, 0.6) is 0 Å². The molecule has 8 atom stereocenters. The Bertz CT molecular complexity index is 1860. The number of phosphoric acid groups is 2. The van der Waals surface area contributed by atoms with E-state index in [4.69, 9.17) is 37.0 Å². The van der Waals surface area contributed by atoms with E-state index in [0.717, 1.165) is 108 Å². The average molecular weight is 1400 g/mol. The van der Waals surface area contributed by atoms with Crippen LogP contribution in [-0.4, -0.2) is 96.7 Å². The number of unbranched alkanes of at least 4 members (excludes halogenated alkanes) is 39. The number of hydrogen-bond acceptors (Lipinski definition) is 15. The molecule has 3 N–H and O–H groups in total. The Morgan fingerprint density at radius 1 is 0.295 bits per heavy atom. The van der Waals surface area contributed by atoms with Crippen LogP contribution in [0, 0.1) is 17.8 Å². The minimum atomic E-state index is -4.96. The summed E-state index contributed by atoms with van der Waals surface area (Å²) >= 11 is 0. The molecular weight excluding hydrogens is 1250 g/mol. The molecule has 0 saturated carbocycles. The van der Waals surface area contributed by atoms with E-state index < -0.39 is 97.5 Å². The van der Waals surface area contributed by atoms with Crippen molar-refractivity contribution in [2.75, 3.05) is 39.6 Å². The standard InChI is InChI=1S/C76H148O17P2/c1-8-12-13-14-15-16-17-18-19-20-21-22-23-28-38-45-52-59-75(80)92-71(63-86-73(78)57-50-43-36-27-25-24-26-33-40-47-54-67(5)9-2)65-90-94(82,83)88-61-70(77)62-89-95(84,85)91-66-72(93-76(81)60-53-46-39-32-30-35-42-49-56-69(7)11-4)64-87-74(79)58-51-44-37-31-29-34-41-48-55-68(6)10-3/h67-72,77H,8-66H2,1-7H3,(H,82,83)(H,84,85)/t67?,68?,69?,70-,71-,72-/m1/s1. The van der Waals surface area contributed by atoms with Gasteiger partial charge in [-0.05, 0) is 43.4 Å². The van der Waals surface area contributed by atoms with Crippen LogP contribution < -0.4 is 0 Å². The maximum Gasteiger partial charge on any atom is 0.472 e. The van der Waals surface area contributed by atoms with Crippen LogP contribution in [0.1, 0.15) is 389 Å². The van der Waals surface area contributed by atoms with Crippen LogP contribution in [0.4, 0.5) is 0 Å². The normalized spacial score (nSPS) is 14.9. The lowest BCUT2D eigenvalue weighted by atomic mass is 9.99. The Morgan fingerprint density at radius 3 is 0.747 bits per heavy atom. The summed E-state index contributed by atoms with van der Waals surface area (Å²) in [6.07, 6.45) is 52.5. The van der Waals surface area contributed by atoms with Crippen LogP contribution in [0.15, 0.2) is 0 Å². The predicted molar refractivity (Wildman–Crippen MR) is 386 cm³/mol. The average Bonchev–Trinajstić information content (AvgIpc) is 1.54. The Labute approximate surface area is 581 Å². The van der Waals surface area contributed by atoms with Gasteiger partial charge in [0.05, 0.1) is 26.4 Å². The zero-order valence-electron chi connectivity index (χ0n) is 62.1. The lowest BCUT2D eigenvalue weighted by Crippen LogP contribution is -2.30. The molecule has 0 heterocycles. The molecule has 0 rings (SSSR count). The van der Waals surface area contributed by atoms with Crippen molar-refractivity contribution in [1.82, 2.24) is 0 Å². The van der Waals surface area contributed by atoms with Gasteiger partial charge in [0.25, 0.3) is 0 Å². The molecule has 564 valence electrons. The largest absolute Gasteiger partial charge is 0.472 e. The van der Waals surface area contributed by atoms with Gasteiger partial charge in [0.15, 0.2) is 12.2 Å². The van der Waals surface area contributed by atoms with Gasteiger partial charge in [-0.1, -0.05) is 337 Å². The van der Waals surface area contributed by atoms with Crippen LogP contribution >= 0.6 is 15.6 Å². The molecule has 0 amide bonds. The summed E-state index contributed by atoms with van der Waals surface area (Å²) in [6.45, 7) is 11.9. The van der Waals surface area contributed by atoms with Gasteiger partial charge in [0, 0.05) is 25.7 Å². The molecule has 0 saturated heterocycles. The number of carbonyl (C=O) groups excluding carboxylic acids is 4. The highest BCUT2D eigenvalue weighted by atomic mass is 31.2. The van der Waals surface area contributed by atoms with E-state index in [1.807, 2.05) is 0 Å². The highest BCUT2D eigenvalue weighted by Gasteiger charge is 2.30. The summed E-state index contributed by atoms with van der Waals surface area (Å²) in [7, 11) is -9.91. The van der Waals surface area contributed by atoms with Crippen molar-refractivity contribution in [3.05, 3.63) is 0 Å². The second kappa shape index (κ2) is 66.6. The van der Waals surface area contributed by atoms with Gasteiger partial charge in [-0.2, -0.15) is 0 Å². The van der Waals surface area contributed by atoms with E-state index in [2.05, 4.69) is 48.5 Å². The summed E-state index contributed by atoms with van der Waals surface area (Å²) in [5.74, 6) is 0.238. The quantitative estimate of drug-likeness (QED) is 0.0222. The number of esters is 4. The Hall–Kier alpha value is -1.94. The van der Waals surface area contributed by atoms with E-state index >= 15 is 0 Å². The molecule has 0 aliphatic carbocycles.